The van der Waals surface area contributed by atoms with E-state index in [0.717, 1.165) is 5.56 Å². The molecule has 6 heteroatoms. The molecule has 2 N–H and O–H groups in total. The molecule has 0 bridgehead atoms. The number of ether oxygens (including phenoxy) is 1. The first kappa shape index (κ1) is 11.5. The summed E-state index contributed by atoms with van der Waals surface area (Å²) in [6.45, 7) is 1.75. The van der Waals surface area contributed by atoms with Crippen molar-refractivity contribution in [1.29, 1.82) is 0 Å². The number of hydrogen-bond donors (Lipinski definition) is 2. The van der Waals surface area contributed by atoms with Crippen molar-refractivity contribution >= 4 is 13.3 Å². The predicted molar refractivity (Wildman–Crippen MR) is 53.3 cm³/mol. The molecule has 80 valence electrons. The van der Waals surface area contributed by atoms with Crippen LogP contribution in [0, 0.1) is 6.92 Å². The summed E-state index contributed by atoms with van der Waals surface area (Å²) in [4.78, 5) is 11.2. The smallest absolute Gasteiger partial charge is 0.512 e. The molecule has 0 unspecified atom stereocenters. The molecule has 0 fully saturated rings. The zero-order valence-corrected chi connectivity index (χ0v) is 8.43. The Balaban J connectivity index is 2.99. The predicted octanol–water partition coefficient (Wildman–Crippen LogP) is 0.130. The van der Waals surface area contributed by atoms with Gasteiger partial charge < -0.3 is 19.4 Å². The average molecular weight is 210 g/mol. The van der Waals surface area contributed by atoms with Gasteiger partial charge in [0.1, 0.15) is 5.75 Å². The Morgan fingerprint density at radius 1 is 1.33 bits per heavy atom. The number of esters is 1. The zero-order chi connectivity index (χ0) is 11.4. The summed E-state index contributed by atoms with van der Waals surface area (Å²) in [6, 6.07) is 4.56. The van der Waals surface area contributed by atoms with E-state index in [1.54, 1.807) is 19.1 Å². The van der Waals surface area contributed by atoms with Crippen LogP contribution in [0.15, 0.2) is 18.2 Å². The number of carbonyl (C=O) groups excluding carboxylic acids is 1. The van der Waals surface area contributed by atoms with Gasteiger partial charge in [0.2, 0.25) is 0 Å². The van der Waals surface area contributed by atoms with Crippen molar-refractivity contribution in [3.8, 4) is 5.75 Å². The first-order chi connectivity index (χ1) is 7.02. The van der Waals surface area contributed by atoms with Crippen molar-refractivity contribution in [2.75, 3.05) is 7.11 Å². The molecule has 0 heterocycles. The molecule has 0 aliphatic heterocycles. The van der Waals surface area contributed by atoms with Crippen LogP contribution in [-0.4, -0.2) is 30.4 Å². The lowest BCUT2D eigenvalue weighted by molar-refractivity contribution is 0.0600. The molecule has 0 saturated carbocycles. The summed E-state index contributed by atoms with van der Waals surface area (Å²) in [5, 5.41) is 17.2. The number of hydrogen-bond acceptors (Lipinski definition) is 5. The van der Waals surface area contributed by atoms with Crippen LogP contribution in [0.1, 0.15) is 15.9 Å². The van der Waals surface area contributed by atoms with E-state index in [1.165, 1.54) is 13.2 Å². The maximum absolute atomic E-state index is 11.2. The minimum atomic E-state index is -1.91. The molecule has 5 nitrogen and oxygen atoms in total. The second-order valence-electron chi connectivity index (χ2n) is 2.97. The summed E-state index contributed by atoms with van der Waals surface area (Å²) in [5.74, 6) is -0.304. The summed E-state index contributed by atoms with van der Waals surface area (Å²) in [6.07, 6.45) is 0. The van der Waals surface area contributed by atoms with Crippen molar-refractivity contribution in [3.63, 3.8) is 0 Å². The number of carbonyl (C=O) groups is 1. The Bertz CT molecular complexity index is 364. The Morgan fingerprint density at radius 3 is 2.53 bits per heavy atom. The molecule has 1 aromatic rings. The normalized spacial score (nSPS) is 9.60. The van der Waals surface area contributed by atoms with Crippen LogP contribution in [0.2, 0.25) is 0 Å². The molecule has 0 aromatic heterocycles. The molecule has 0 spiro atoms. The van der Waals surface area contributed by atoms with Crippen molar-refractivity contribution in [2.24, 2.45) is 0 Å². The maximum atomic E-state index is 11.2. The second-order valence-corrected chi connectivity index (χ2v) is 2.97. The molecule has 0 atom stereocenters. The summed E-state index contributed by atoms with van der Waals surface area (Å²) >= 11 is 0. The molecule has 1 aromatic carbocycles. The van der Waals surface area contributed by atoms with Crippen molar-refractivity contribution in [2.45, 2.75) is 6.92 Å². The fourth-order valence-corrected chi connectivity index (χ4v) is 1.17. The summed E-state index contributed by atoms with van der Waals surface area (Å²) in [7, 11) is -0.635. The largest absolute Gasteiger partial charge is 0.707 e. The van der Waals surface area contributed by atoms with Gasteiger partial charge >= 0.3 is 13.3 Å². The molecule has 0 aliphatic rings. The van der Waals surface area contributed by atoms with Gasteiger partial charge in [0.15, 0.2) is 0 Å². The van der Waals surface area contributed by atoms with Crippen molar-refractivity contribution in [1.82, 2.24) is 0 Å². The second kappa shape index (κ2) is 4.81. The van der Waals surface area contributed by atoms with Gasteiger partial charge in [-0.1, -0.05) is 0 Å². The van der Waals surface area contributed by atoms with Crippen LogP contribution in [-0.2, 0) is 4.74 Å². The van der Waals surface area contributed by atoms with Gasteiger partial charge in [-0.15, -0.1) is 0 Å². The quantitative estimate of drug-likeness (QED) is 0.547. The molecule has 1 rings (SSSR count). The lowest BCUT2D eigenvalue weighted by Crippen LogP contribution is -2.20. The Kier molecular flexibility index (Phi) is 3.71. The van der Waals surface area contributed by atoms with E-state index in [9.17, 15) is 4.79 Å². The zero-order valence-electron chi connectivity index (χ0n) is 8.43. The maximum Gasteiger partial charge on any atom is 0.707 e. The van der Waals surface area contributed by atoms with E-state index in [4.69, 9.17) is 10.0 Å². The SMILES string of the molecule is COC(=O)c1cc(C)cc(OB(O)O)c1. The third-order valence-corrected chi connectivity index (χ3v) is 1.71. The van der Waals surface area contributed by atoms with Gasteiger partial charge in [-0.05, 0) is 30.7 Å². The highest BCUT2D eigenvalue weighted by Crippen LogP contribution is 2.17. The number of methoxy groups -OCH3 is 1. The molecule has 0 saturated heterocycles. The highest BCUT2D eigenvalue weighted by molar-refractivity contribution is 6.33. The van der Waals surface area contributed by atoms with Gasteiger partial charge in [-0.25, -0.2) is 4.79 Å². The van der Waals surface area contributed by atoms with Crippen LogP contribution in [0.3, 0.4) is 0 Å². The summed E-state index contributed by atoms with van der Waals surface area (Å²) < 4.78 is 9.17. The molecule has 0 amide bonds. The molecule has 15 heavy (non-hydrogen) atoms. The monoisotopic (exact) mass is 210 g/mol. The van der Waals surface area contributed by atoms with E-state index in [2.05, 4.69) is 9.39 Å². The van der Waals surface area contributed by atoms with E-state index < -0.39 is 13.3 Å². The Labute approximate surface area is 87.4 Å². The van der Waals surface area contributed by atoms with Gasteiger partial charge in [-0.3, -0.25) is 0 Å². The molecule has 0 radical (unpaired) electrons. The highest BCUT2D eigenvalue weighted by atomic mass is 16.6. The topological polar surface area (TPSA) is 76.0 Å². The number of benzene rings is 1. The van der Waals surface area contributed by atoms with Crippen molar-refractivity contribution < 1.29 is 24.2 Å². The van der Waals surface area contributed by atoms with Crippen LogP contribution < -0.4 is 4.65 Å². The van der Waals surface area contributed by atoms with E-state index >= 15 is 0 Å². The standard InChI is InChI=1S/C9H11BO5/c1-6-3-7(9(11)14-2)5-8(4-6)15-10(12)13/h3-5,12-13H,1-2H3. The first-order valence-corrected chi connectivity index (χ1v) is 4.25. The fourth-order valence-electron chi connectivity index (χ4n) is 1.17. The van der Waals surface area contributed by atoms with E-state index in [0.29, 0.717) is 5.56 Å². The van der Waals surface area contributed by atoms with Gasteiger partial charge in [-0.2, -0.15) is 0 Å². The number of aryl methyl sites for hydroxylation is 1. The molecule has 0 aliphatic carbocycles. The summed E-state index contributed by atoms with van der Waals surface area (Å²) in [5.41, 5.74) is 1.06. The highest BCUT2D eigenvalue weighted by Gasteiger charge is 2.14. The number of rotatable bonds is 3. The molecular weight excluding hydrogens is 199 g/mol. The Hall–Kier alpha value is -1.53. The third-order valence-electron chi connectivity index (χ3n) is 1.71. The average Bonchev–Trinajstić information content (AvgIpc) is 2.14. The van der Waals surface area contributed by atoms with E-state index in [-0.39, 0.29) is 5.75 Å². The van der Waals surface area contributed by atoms with Gasteiger partial charge in [0.25, 0.3) is 0 Å². The lowest BCUT2D eigenvalue weighted by atomic mass is 10.1. The van der Waals surface area contributed by atoms with Crippen LogP contribution in [0.5, 0.6) is 5.75 Å². The van der Waals surface area contributed by atoms with E-state index in [1.807, 2.05) is 0 Å². The third kappa shape index (κ3) is 3.27. The Morgan fingerprint density at radius 2 is 2.00 bits per heavy atom. The fraction of sp³-hybridized carbons (Fsp3) is 0.222. The minimum absolute atomic E-state index is 0.199. The van der Waals surface area contributed by atoms with Gasteiger partial charge in [0.05, 0.1) is 12.7 Å². The van der Waals surface area contributed by atoms with Crippen LogP contribution in [0.25, 0.3) is 0 Å². The minimum Gasteiger partial charge on any atom is -0.512 e. The van der Waals surface area contributed by atoms with Gasteiger partial charge in [0, 0.05) is 0 Å². The van der Waals surface area contributed by atoms with Crippen molar-refractivity contribution in [3.05, 3.63) is 29.3 Å². The molecular formula is C9H11BO5. The van der Waals surface area contributed by atoms with Crippen LogP contribution >= 0.6 is 0 Å². The lowest BCUT2D eigenvalue weighted by Gasteiger charge is -2.07. The van der Waals surface area contributed by atoms with Crippen LogP contribution in [0.4, 0.5) is 0 Å². The first-order valence-electron chi connectivity index (χ1n) is 4.25.